The van der Waals surface area contributed by atoms with Crippen LogP contribution in [0.2, 0.25) is 0 Å². The second-order valence-electron chi connectivity index (χ2n) is 6.37. The Balaban J connectivity index is 0.000000500. The van der Waals surface area contributed by atoms with Crippen molar-refractivity contribution in [3.05, 3.63) is 89.7 Å². The maximum absolute atomic E-state index is 9.75. The average Bonchev–Trinajstić information content (AvgIpc) is 2.68. The molecule has 0 saturated heterocycles. The van der Waals surface area contributed by atoms with Gasteiger partial charge >= 0.3 is 7.25 Å². The van der Waals surface area contributed by atoms with E-state index in [1.807, 2.05) is 0 Å². The summed E-state index contributed by atoms with van der Waals surface area (Å²) in [6.07, 6.45) is 2.08. The summed E-state index contributed by atoms with van der Waals surface area (Å²) in [6.45, 7) is 5.43. The van der Waals surface area contributed by atoms with Crippen LogP contribution in [-0.2, 0) is 19.4 Å². The first-order chi connectivity index (χ1) is 13.3. The number of hydrogen-bond donors (Lipinski definition) is 0. The van der Waals surface area contributed by atoms with E-state index in [-0.39, 0.29) is 0 Å². The van der Waals surface area contributed by atoms with E-state index in [1.54, 1.807) is 0 Å². The average molecular weight is 389 g/mol. The van der Waals surface area contributed by atoms with Gasteiger partial charge in [0.1, 0.15) is 0 Å². The van der Waals surface area contributed by atoms with Gasteiger partial charge in [0.05, 0.1) is 0 Å². The molecule has 0 unspecified atom stereocenters. The molecule has 1 heterocycles. The van der Waals surface area contributed by atoms with E-state index in [0.717, 1.165) is 19.4 Å². The molecule has 0 atom stereocenters. The molecule has 0 bridgehead atoms. The predicted molar refractivity (Wildman–Crippen MR) is 107 cm³/mol. The van der Waals surface area contributed by atoms with Crippen LogP contribution in [0.5, 0.6) is 0 Å². The Kier molecular flexibility index (Phi) is 7.79. The van der Waals surface area contributed by atoms with Gasteiger partial charge in [-0.3, -0.25) is 0 Å². The molecular weight excluding hydrogens is 365 g/mol. The smallest absolute Gasteiger partial charge is 0.418 e. The highest BCUT2D eigenvalue weighted by molar-refractivity contribution is 6.50. The second kappa shape index (κ2) is 10.1. The van der Waals surface area contributed by atoms with Crippen LogP contribution in [-0.4, -0.2) is 7.25 Å². The second-order valence-corrected chi connectivity index (χ2v) is 6.37. The molecule has 28 heavy (non-hydrogen) atoms. The summed E-state index contributed by atoms with van der Waals surface area (Å²) in [7, 11) is -6.00. The Bertz CT molecular complexity index is 834. The van der Waals surface area contributed by atoms with E-state index in [9.17, 15) is 17.3 Å². The highest BCUT2D eigenvalue weighted by Crippen LogP contribution is 2.21. The number of rotatable bonds is 5. The maximum atomic E-state index is 9.75. The molecule has 6 heteroatoms. The Hall–Kier alpha value is -2.63. The van der Waals surface area contributed by atoms with Crippen molar-refractivity contribution >= 4 is 7.25 Å². The molecule has 0 aliphatic heterocycles. The maximum Gasteiger partial charge on any atom is 0.673 e. The largest absolute Gasteiger partial charge is 0.673 e. The lowest BCUT2D eigenvalue weighted by molar-refractivity contribution is -0.702. The SMILES string of the molecule is CCc1cc(-c2ccccc2)cc(CC)[n+]1Cc1ccccc1.F[B-](F)(F)F. The van der Waals surface area contributed by atoms with Crippen molar-refractivity contribution in [3.8, 4) is 11.1 Å². The first kappa shape index (κ1) is 21.7. The van der Waals surface area contributed by atoms with E-state index in [4.69, 9.17) is 0 Å². The first-order valence-electron chi connectivity index (χ1n) is 9.34. The van der Waals surface area contributed by atoms with Crippen LogP contribution in [0.1, 0.15) is 30.8 Å². The van der Waals surface area contributed by atoms with Crippen molar-refractivity contribution in [2.24, 2.45) is 0 Å². The summed E-state index contributed by atoms with van der Waals surface area (Å²) in [6, 6.07) is 26.1. The molecule has 3 rings (SSSR count). The third kappa shape index (κ3) is 6.84. The molecule has 0 aliphatic carbocycles. The summed E-state index contributed by atoms with van der Waals surface area (Å²) in [4.78, 5) is 0. The fourth-order valence-corrected chi connectivity index (χ4v) is 3.09. The van der Waals surface area contributed by atoms with Gasteiger partial charge in [0.15, 0.2) is 17.9 Å². The Morgan fingerprint density at radius 1 is 0.679 bits per heavy atom. The van der Waals surface area contributed by atoms with Gasteiger partial charge in [-0.2, -0.15) is 4.57 Å². The summed E-state index contributed by atoms with van der Waals surface area (Å²) >= 11 is 0. The molecule has 3 aromatic rings. The van der Waals surface area contributed by atoms with Crippen LogP contribution in [0, 0.1) is 0 Å². The minimum atomic E-state index is -6.00. The lowest BCUT2D eigenvalue weighted by Gasteiger charge is -2.11. The molecule has 0 fully saturated rings. The van der Waals surface area contributed by atoms with E-state index >= 15 is 0 Å². The minimum Gasteiger partial charge on any atom is -0.418 e. The van der Waals surface area contributed by atoms with E-state index in [2.05, 4.69) is 91.2 Å². The van der Waals surface area contributed by atoms with E-state index in [1.165, 1.54) is 28.1 Å². The van der Waals surface area contributed by atoms with Gasteiger partial charge < -0.3 is 17.3 Å². The number of nitrogens with zero attached hydrogens (tertiary/aromatic N) is 1. The lowest BCUT2D eigenvalue weighted by atomic mass is 10.0. The van der Waals surface area contributed by atoms with Gasteiger partial charge in [-0.1, -0.05) is 74.5 Å². The summed E-state index contributed by atoms with van der Waals surface area (Å²) in [5.41, 5.74) is 6.76. The van der Waals surface area contributed by atoms with Crippen LogP contribution in [0.3, 0.4) is 0 Å². The van der Waals surface area contributed by atoms with Crippen molar-refractivity contribution in [2.45, 2.75) is 33.2 Å². The van der Waals surface area contributed by atoms with E-state index in [0.29, 0.717) is 0 Å². The third-order valence-electron chi connectivity index (χ3n) is 4.35. The zero-order chi connectivity index (χ0) is 20.6. The van der Waals surface area contributed by atoms with Gasteiger partial charge in [-0.05, 0) is 11.1 Å². The van der Waals surface area contributed by atoms with Crippen LogP contribution < -0.4 is 4.57 Å². The normalized spacial score (nSPS) is 10.9. The minimum absolute atomic E-state index is 0.947. The molecule has 1 aromatic heterocycles. The molecule has 0 aliphatic rings. The number of aryl methyl sites for hydroxylation is 2. The molecule has 1 nitrogen and oxygen atoms in total. The monoisotopic (exact) mass is 389 g/mol. The predicted octanol–water partition coefficient (Wildman–Crippen LogP) is 6.11. The van der Waals surface area contributed by atoms with E-state index < -0.39 is 7.25 Å². The Morgan fingerprint density at radius 2 is 1.11 bits per heavy atom. The number of aromatic nitrogens is 1. The lowest BCUT2D eigenvalue weighted by Crippen LogP contribution is -2.43. The molecule has 0 N–H and O–H groups in total. The van der Waals surface area contributed by atoms with Gasteiger partial charge in [0.2, 0.25) is 0 Å². The van der Waals surface area contributed by atoms with Gasteiger partial charge in [0, 0.05) is 30.5 Å². The molecule has 0 amide bonds. The van der Waals surface area contributed by atoms with Crippen molar-refractivity contribution < 1.29 is 21.8 Å². The van der Waals surface area contributed by atoms with Crippen LogP contribution in [0.4, 0.5) is 17.3 Å². The number of halogens is 4. The molecular formula is C22H24BF4N. The van der Waals surface area contributed by atoms with Crippen molar-refractivity contribution in [3.63, 3.8) is 0 Å². The topological polar surface area (TPSA) is 3.88 Å². The third-order valence-corrected chi connectivity index (χ3v) is 4.35. The van der Waals surface area contributed by atoms with Gasteiger partial charge in [-0.15, -0.1) is 0 Å². The van der Waals surface area contributed by atoms with Gasteiger partial charge in [-0.25, -0.2) is 0 Å². The molecule has 2 aromatic carbocycles. The summed E-state index contributed by atoms with van der Waals surface area (Å²) < 4.78 is 41.5. The quantitative estimate of drug-likeness (QED) is 0.281. The van der Waals surface area contributed by atoms with Crippen molar-refractivity contribution in [1.82, 2.24) is 0 Å². The zero-order valence-electron chi connectivity index (χ0n) is 16.1. The Morgan fingerprint density at radius 3 is 1.54 bits per heavy atom. The molecule has 148 valence electrons. The standard InChI is InChI=1S/C22H24N.BF4/c1-3-21-15-20(19-13-9-6-10-14-19)16-22(4-2)23(21)17-18-11-7-5-8-12-18;2-1(3,4)5/h5-16H,3-4,17H2,1-2H3;/q+1;-1. The van der Waals surface area contributed by atoms with Gasteiger partial charge in [0.25, 0.3) is 0 Å². The van der Waals surface area contributed by atoms with Crippen LogP contribution >= 0.6 is 0 Å². The van der Waals surface area contributed by atoms with Crippen molar-refractivity contribution in [1.29, 1.82) is 0 Å². The van der Waals surface area contributed by atoms with Crippen LogP contribution in [0.25, 0.3) is 11.1 Å². The molecule has 0 saturated carbocycles. The fraction of sp³-hybridized carbons (Fsp3) is 0.227. The summed E-state index contributed by atoms with van der Waals surface area (Å²) in [5, 5.41) is 0. The molecule has 0 radical (unpaired) electrons. The first-order valence-corrected chi connectivity index (χ1v) is 9.34. The fourth-order valence-electron chi connectivity index (χ4n) is 3.09. The highest BCUT2D eigenvalue weighted by atomic mass is 19.5. The number of benzene rings is 2. The van der Waals surface area contributed by atoms with Crippen LogP contribution in [0.15, 0.2) is 72.8 Å². The zero-order valence-corrected chi connectivity index (χ0v) is 16.1. The molecule has 0 spiro atoms. The number of hydrogen-bond acceptors (Lipinski definition) is 0. The highest BCUT2D eigenvalue weighted by Gasteiger charge is 2.20. The Labute approximate surface area is 163 Å². The van der Waals surface area contributed by atoms with Crippen molar-refractivity contribution in [2.75, 3.05) is 0 Å². The summed E-state index contributed by atoms with van der Waals surface area (Å²) in [5.74, 6) is 0. The number of pyridine rings is 1.